The van der Waals surface area contributed by atoms with Gasteiger partial charge in [0, 0.05) is 29.1 Å². The number of fused-ring (bicyclic) bond motifs is 2. The van der Waals surface area contributed by atoms with Crippen molar-refractivity contribution in [1.82, 2.24) is 10.3 Å². The van der Waals surface area contributed by atoms with Crippen LogP contribution in [0.4, 0.5) is 4.79 Å². The second-order valence-corrected chi connectivity index (χ2v) is 9.46. The van der Waals surface area contributed by atoms with E-state index in [4.69, 9.17) is 9.47 Å². The summed E-state index contributed by atoms with van der Waals surface area (Å²) in [6.45, 7) is 5.27. The molecule has 0 aliphatic carbocycles. The van der Waals surface area contributed by atoms with Gasteiger partial charge in [0.05, 0.1) is 12.8 Å². The summed E-state index contributed by atoms with van der Waals surface area (Å²) in [5.74, 6) is -0.564. The Kier molecular flexibility index (Phi) is 7.01. The largest absolute Gasteiger partial charge is 0.467 e. The molecule has 0 saturated carbocycles. The van der Waals surface area contributed by atoms with Crippen molar-refractivity contribution >= 4 is 39.9 Å². The Hall–Kier alpha value is -4.26. The molecule has 4 rings (SSSR count). The summed E-state index contributed by atoms with van der Waals surface area (Å²) in [5.41, 5.74) is 2.42. The number of aldehydes is 1. The van der Waals surface area contributed by atoms with E-state index in [1.165, 1.54) is 7.11 Å². The van der Waals surface area contributed by atoms with E-state index in [0.717, 1.165) is 44.7 Å². The maximum atomic E-state index is 12.5. The van der Waals surface area contributed by atoms with Crippen molar-refractivity contribution in [2.24, 2.45) is 0 Å². The van der Waals surface area contributed by atoms with Crippen LogP contribution in [-0.2, 0) is 20.7 Å². The molecule has 1 atom stereocenters. The van der Waals surface area contributed by atoms with Crippen molar-refractivity contribution < 1.29 is 23.9 Å². The molecule has 0 saturated heterocycles. The lowest BCUT2D eigenvalue weighted by Crippen LogP contribution is -2.45. The van der Waals surface area contributed by atoms with Crippen molar-refractivity contribution in [2.45, 2.75) is 38.8 Å². The van der Waals surface area contributed by atoms with Crippen LogP contribution in [0.15, 0.2) is 66.9 Å². The van der Waals surface area contributed by atoms with E-state index in [2.05, 4.69) is 10.3 Å². The average Bonchev–Trinajstić information content (AvgIpc) is 2.85. The number of carbonyl (C=O) groups is 3. The van der Waals surface area contributed by atoms with Crippen LogP contribution in [0, 0.1) is 0 Å². The van der Waals surface area contributed by atoms with Gasteiger partial charge in [-0.2, -0.15) is 0 Å². The Labute approximate surface area is 209 Å². The normalized spacial score (nSPS) is 12.2. The molecule has 1 heterocycles. The van der Waals surface area contributed by atoms with Gasteiger partial charge in [0.15, 0.2) is 6.29 Å². The number of aromatic nitrogens is 1. The van der Waals surface area contributed by atoms with E-state index >= 15 is 0 Å². The third kappa shape index (κ3) is 5.20. The number of nitrogens with one attached hydrogen (secondary N) is 1. The summed E-state index contributed by atoms with van der Waals surface area (Å²) in [6.07, 6.45) is 2.07. The molecule has 0 spiro atoms. The summed E-state index contributed by atoms with van der Waals surface area (Å²) in [6, 6.07) is 18.2. The van der Waals surface area contributed by atoms with E-state index in [-0.39, 0.29) is 6.42 Å². The molecule has 7 nitrogen and oxygen atoms in total. The van der Waals surface area contributed by atoms with Crippen molar-refractivity contribution in [3.63, 3.8) is 0 Å². The van der Waals surface area contributed by atoms with Gasteiger partial charge in [-0.3, -0.25) is 9.78 Å². The minimum absolute atomic E-state index is 0.213. The smallest absolute Gasteiger partial charge is 0.408 e. The molecule has 0 unspecified atom stereocenters. The predicted octanol–water partition coefficient (Wildman–Crippen LogP) is 5.48. The number of rotatable bonds is 6. The molecule has 4 aromatic rings. The van der Waals surface area contributed by atoms with Gasteiger partial charge in [-0.25, -0.2) is 9.59 Å². The zero-order valence-corrected chi connectivity index (χ0v) is 20.7. The number of hydrogen-bond acceptors (Lipinski definition) is 6. The summed E-state index contributed by atoms with van der Waals surface area (Å²) >= 11 is 0. The van der Waals surface area contributed by atoms with E-state index in [9.17, 15) is 14.4 Å². The van der Waals surface area contributed by atoms with Crippen molar-refractivity contribution in [3.05, 3.63) is 78.0 Å². The van der Waals surface area contributed by atoms with Crippen LogP contribution in [0.3, 0.4) is 0 Å². The number of hydrogen-bond donors (Lipinski definition) is 1. The van der Waals surface area contributed by atoms with E-state index in [1.807, 2.05) is 54.6 Å². The molecule has 36 heavy (non-hydrogen) atoms. The fourth-order valence-electron chi connectivity index (χ4n) is 4.31. The van der Waals surface area contributed by atoms with Crippen molar-refractivity contribution in [3.8, 4) is 11.3 Å². The summed E-state index contributed by atoms with van der Waals surface area (Å²) in [7, 11) is 1.28. The van der Waals surface area contributed by atoms with Gasteiger partial charge >= 0.3 is 12.1 Å². The maximum Gasteiger partial charge on any atom is 0.408 e. The molecule has 1 amide bonds. The van der Waals surface area contributed by atoms with Crippen LogP contribution in [0.25, 0.3) is 32.8 Å². The first-order valence-corrected chi connectivity index (χ1v) is 11.6. The van der Waals surface area contributed by atoms with Gasteiger partial charge in [-0.15, -0.1) is 0 Å². The molecule has 0 aliphatic heterocycles. The molecule has 0 radical (unpaired) electrons. The number of benzene rings is 3. The Morgan fingerprint density at radius 2 is 1.64 bits per heavy atom. The quantitative estimate of drug-likeness (QED) is 0.288. The van der Waals surface area contributed by atoms with Crippen molar-refractivity contribution in [1.29, 1.82) is 0 Å². The third-order valence-corrected chi connectivity index (χ3v) is 5.83. The highest BCUT2D eigenvalue weighted by molar-refractivity contribution is 6.08. The molecule has 1 aromatic heterocycles. The fourth-order valence-corrected chi connectivity index (χ4v) is 4.31. The number of ether oxygens (including phenoxy) is 2. The van der Waals surface area contributed by atoms with Gasteiger partial charge in [0.1, 0.15) is 11.6 Å². The van der Waals surface area contributed by atoms with Gasteiger partial charge < -0.3 is 14.8 Å². The molecule has 0 fully saturated rings. The van der Waals surface area contributed by atoms with Gasteiger partial charge in [-0.1, -0.05) is 54.6 Å². The van der Waals surface area contributed by atoms with E-state index < -0.39 is 23.7 Å². The zero-order valence-electron chi connectivity index (χ0n) is 20.7. The zero-order chi connectivity index (χ0) is 25.9. The Bertz CT molecular complexity index is 1460. The second kappa shape index (κ2) is 10.2. The number of esters is 1. The lowest BCUT2D eigenvalue weighted by molar-refractivity contribution is -0.143. The first-order valence-electron chi connectivity index (χ1n) is 11.6. The minimum atomic E-state index is -0.926. The number of alkyl carbamates (subject to hydrolysis) is 1. The third-order valence-electron chi connectivity index (χ3n) is 5.83. The lowest BCUT2D eigenvalue weighted by atomic mass is 9.93. The predicted molar refractivity (Wildman–Crippen MR) is 139 cm³/mol. The molecule has 7 heteroatoms. The summed E-state index contributed by atoms with van der Waals surface area (Å²) in [5, 5.41) is 6.20. The van der Waals surface area contributed by atoms with Crippen LogP contribution < -0.4 is 5.32 Å². The molecule has 184 valence electrons. The van der Waals surface area contributed by atoms with Gasteiger partial charge in [-0.05, 0) is 48.6 Å². The van der Waals surface area contributed by atoms with Crippen LogP contribution >= 0.6 is 0 Å². The first kappa shape index (κ1) is 24.9. The lowest BCUT2D eigenvalue weighted by Gasteiger charge is -2.23. The standard InChI is InChI=1S/C29H28N2O5/c1-29(2,3)36-28(34)31-25(27(33)35-4)16-18-8-5-11-22-20(18)10-7-13-24(22)26-23-12-6-9-19(17-32)21(23)14-15-30-26/h5-15,17,25H,16H2,1-4H3,(H,31,34)/t25-/m0/s1. The number of nitrogens with zero attached hydrogens (tertiary/aromatic N) is 1. The molecular weight excluding hydrogens is 456 g/mol. The Morgan fingerprint density at radius 1 is 0.944 bits per heavy atom. The topological polar surface area (TPSA) is 94.6 Å². The van der Waals surface area contributed by atoms with E-state index in [1.54, 1.807) is 33.0 Å². The second-order valence-electron chi connectivity index (χ2n) is 9.46. The first-order chi connectivity index (χ1) is 17.2. The maximum absolute atomic E-state index is 12.5. The molecule has 3 aromatic carbocycles. The fraction of sp³-hybridized carbons (Fsp3) is 0.241. The highest BCUT2D eigenvalue weighted by Crippen LogP contribution is 2.34. The van der Waals surface area contributed by atoms with Gasteiger partial charge in [0.25, 0.3) is 0 Å². The number of methoxy groups -OCH3 is 1. The molecule has 0 bridgehead atoms. The monoisotopic (exact) mass is 484 g/mol. The summed E-state index contributed by atoms with van der Waals surface area (Å²) < 4.78 is 10.3. The number of pyridine rings is 1. The molecule has 1 N–H and O–H groups in total. The van der Waals surface area contributed by atoms with Crippen LogP contribution in [-0.4, -0.2) is 42.1 Å². The van der Waals surface area contributed by atoms with Crippen LogP contribution in [0.1, 0.15) is 36.7 Å². The highest BCUT2D eigenvalue weighted by Gasteiger charge is 2.26. The van der Waals surface area contributed by atoms with Crippen LogP contribution in [0.5, 0.6) is 0 Å². The Morgan fingerprint density at radius 3 is 2.36 bits per heavy atom. The SMILES string of the molecule is COC(=O)[C@H](Cc1cccc2c(-c3nccc4c(C=O)cccc34)cccc12)NC(=O)OC(C)(C)C. The number of amides is 1. The highest BCUT2D eigenvalue weighted by atomic mass is 16.6. The van der Waals surface area contributed by atoms with E-state index in [0.29, 0.717) is 5.56 Å². The molecule has 0 aliphatic rings. The summed E-state index contributed by atoms with van der Waals surface area (Å²) in [4.78, 5) is 41.1. The van der Waals surface area contributed by atoms with Crippen LogP contribution in [0.2, 0.25) is 0 Å². The van der Waals surface area contributed by atoms with Crippen molar-refractivity contribution in [2.75, 3.05) is 7.11 Å². The Balaban J connectivity index is 1.77. The number of carbonyl (C=O) groups excluding carboxylic acids is 3. The average molecular weight is 485 g/mol. The molecular formula is C29H28N2O5. The minimum Gasteiger partial charge on any atom is -0.467 e. The van der Waals surface area contributed by atoms with Gasteiger partial charge in [0.2, 0.25) is 0 Å².